The van der Waals surface area contributed by atoms with E-state index in [9.17, 15) is 21.6 Å². The van der Waals surface area contributed by atoms with E-state index in [-0.39, 0.29) is 5.41 Å². The number of nitrogens with zero attached hydrogens (tertiary/aromatic N) is 2. The molecule has 230 valence electrons. The zero-order valence-corrected chi connectivity index (χ0v) is 24.9. The molecule has 4 N–H and O–H groups in total. The fourth-order valence-electron chi connectivity index (χ4n) is 4.67. The Kier molecular flexibility index (Phi) is 10.8. The van der Waals surface area contributed by atoms with E-state index in [0.29, 0.717) is 29.2 Å². The number of aromatic nitrogens is 2. The number of hydrogen-bond acceptors (Lipinski definition) is 7. The van der Waals surface area contributed by atoms with Crippen LogP contribution in [0.2, 0.25) is 0 Å². The van der Waals surface area contributed by atoms with Gasteiger partial charge in [0.05, 0.1) is 10.4 Å². The molecule has 0 radical (unpaired) electrons. The molecule has 0 amide bonds. The van der Waals surface area contributed by atoms with Gasteiger partial charge < -0.3 is 15.7 Å². The predicted molar refractivity (Wildman–Crippen MR) is 157 cm³/mol. The Labute approximate surface area is 244 Å². The number of aliphatic carboxylic acids is 1. The van der Waals surface area contributed by atoms with Gasteiger partial charge in [-0.3, -0.25) is 0 Å². The van der Waals surface area contributed by atoms with E-state index in [2.05, 4.69) is 46.1 Å². The number of carboxylic acids is 1. The Hall–Kier alpha value is -3.45. The first-order chi connectivity index (χ1) is 19.6. The molecule has 1 saturated carbocycles. The number of anilines is 2. The first kappa shape index (κ1) is 33.1. The largest absolute Gasteiger partial charge is 0.490 e. The molecule has 13 heteroatoms. The van der Waals surface area contributed by atoms with Crippen LogP contribution in [-0.2, 0) is 20.2 Å². The average molecular weight is 610 g/mol. The van der Waals surface area contributed by atoms with Crippen molar-refractivity contribution in [3.8, 4) is 0 Å². The zero-order chi connectivity index (χ0) is 31.1. The predicted octanol–water partition coefficient (Wildman–Crippen LogP) is 5.80. The SMILES string of the molecule is CNc1nc(NCC2CCC(CNS(=O)(=O)c3ccc(C(C)(C)C)cc3)CC2)nc2ccccc12.O=C(O)C(F)(F)F. The summed E-state index contributed by atoms with van der Waals surface area (Å²) in [5.41, 5.74) is 2.04. The maximum Gasteiger partial charge on any atom is 0.490 e. The van der Waals surface area contributed by atoms with Gasteiger partial charge in [-0.2, -0.15) is 18.2 Å². The lowest BCUT2D eigenvalue weighted by Crippen LogP contribution is -2.32. The van der Waals surface area contributed by atoms with Crippen molar-refractivity contribution in [1.29, 1.82) is 0 Å². The molecular formula is C29H38F3N5O4S. The van der Waals surface area contributed by atoms with Crippen LogP contribution in [0.15, 0.2) is 53.4 Å². The third-order valence-electron chi connectivity index (χ3n) is 7.19. The van der Waals surface area contributed by atoms with Crippen molar-refractivity contribution in [3.63, 3.8) is 0 Å². The zero-order valence-electron chi connectivity index (χ0n) is 24.1. The third kappa shape index (κ3) is 9.28. The monoisotopic (exact) mass is 609 g/mol. The molecule has 9 nitrogen and oxygen atoms in total. The molecule has 2 aromatic carbocycles. The van der Waals surface area contributed by atoms with Crippen LogP contribution in [0.3, 0.4) is 0 Å². The molecule has 4 rings (SSSR count). The van der Waals surface area contributed by atoms with E-state index in [1.807, 2.05) is 43.4 Å². The number of hydrogen-bond donors (Lipinski definition) is 4. The van der Waals surface area contributed by atoms with Crippen LogP contribution in [0.5, 0.6) is 0 Å². The van der Waals surface area contributed by atoms with Gasteiger partial charge in [0.25, 0.3) is 0 Å². The third-order valence-corrected chi connectivity index (χ3v) is 8.63. The van der Waals surface area contributed by atoms with Crippen LogP contribution in [-0.4, -0.2) is 55.8 Å². The molecule has 42 heavy (non-hydrogen) atoms. The molecule has 3 aromatic rings. The van der Waals surface area contributed by atoms with Gasteiger partial charge in [-0.15, -0.1) is 0 Å². The highest BCUT2D eigenvalue weighted by molar-refractivity contribution is 7.89. The van der Waals surface area contributed by atoms with Crippen molar-refractivity contribution < 1.29 is 31.5 Å². The summed E-state index contributed by atoms with van der Waals surface area (Å²) in [4.78, 5) is 18.5. The first-order valence-corrected chi connectivity index (χ1v) is 15.2. The summed E-state index contributed by atoms with van der Waals surface area (Å²) in [6.07, 6.45) is -0.936. The number of para-hydroxylation sites is 1. The maximum absolute atomic E-state index is 12.8. The molecule has 1 heterocycles. The molecule has 0 unspecified atom stereocenters. The number of nitrogens with one attached hydrogen (secondary N) is 3. The Morgan fingerprint density at radius 2 is 1.48 bits per heavy atom. The van der Waals surface area contributed by atoms with E-state index < -0.39 is 22.2 Å². The van der Waals surface area contributed by atoms with Crippen LogP contribution in [0.1, 0.15) is 52.0 Å². The number of sulfonamides is 1. The number of carboxylic acid groups (broad SMARTS) is 1. The van der Waals surface area contributed by atoms with Crippen molar-refractivity contribution in [2.45, 2.75) is 62.9 Å². The highest BCUT2D eigenvalue weighted by atomic mass is 32.2. The van der Waals surface area contributed by atoms with E-state index in [0.717, 1.165) is 54.5 Å². The molecule has 1 aliphatic carbocycles. The van der Waals surface area contributed by atoms with Crippen LogP contribution >= 0.6 is 0 Å². The van der Waals surface area contributed by atoms with Crippen molar-refractivity contribution in [3.05, 3.63) is 54.1 Å². The summed E-state index contributed by atoms with van der Waals surface area (Å²) in [6, 6.07) is 15.2. The second-order valence-corrected chi connectivity index (χ2v) is 13.1. The summed E-state index contributed by atoms with van der Waals surface area (Å²) >= 11 is 0. The Morgan fingerprint density at radius 3 is 2.00 bits per heavy atom. The highest BCUT2D eigenvalue weighted by Crippen LogP contribution is 2.30. The fourth-order valence-corrected chi connectivity index (χ4v) is 5.78. The van der Waals surface area contributed by atoms with E-state index in [1.54, 1.807) is 12.1 Å². The minimum absolute atomic E-state index is 0.00117. The van der Waals surface area contributed by atoms with E-state index in [1.165, 1.54) is 0 Å². The number of rotatable bonds is 8. The molecule has 0 bridgehead atoms. The van der Waals surface area contributed by atoms with Gasteiger partial charge in [-0.05, 0) is 72.8 Å². The van der Waals surface area contributed by atoms with Crippen molar-refractivity contribution in [1.82, 2.24) is 14.7 Å². The van der Waals surface area contributed by atoms with Gasteiger partial charge in [0.2, 0.25) is 16.0 Å². The summed E-state index contributed by atoms with van der Waals surface area (Å²) in [6.45, 7) is 7.67. The standard InChI is InChI=1S/C27H37N5O2S.C2HF3O2/c1-27(2,3)21-13-15-22(16-14-21)35(33,34)30-18-20-11-9-19(10-12-20)17-29-26-31-24-8-6-5-7-23(24)25(28-4)32-26;3-2(4,5)1(6)7/h5-8,13-16,19-20,30H,9-12,17-18H2,1-4H3,(H2,28,29,31,32);(H,6,7). The smallest absolute Gasteiger partial charge is 0.475 e. The second-order valence-electron chi connectivity index (χ2n) is 11.4. The van der Waals surface area contributed by atoms with Gasteiger partial charge in [0.15, 0.2) is 0 Å². The summed E-state index contributed by atoms with van der Waals surface area (Å²) < 4.78 is 60.1. The minimum atomic E-state index is -5.08. The topological polar surface area (TPSA) is 133 Å². The molecule has 1 fully saturated rings. The Morgan fingerprint density at radius 1 is 0.929 bits per heavy atom. The van der Waals surface area contributed by atoms with E-state index in [4.69, 9.17) is 9.90 Å². The lowest BCUT2D eigenvalue weighted by Gasteiger charge is -2.28. The first-order valence-electron chi connectivity index (χ1n) is 13.7. The van der Waals surface area contributed by atoms with Gasteiger partial charge >= 0.3 is 12.1 Å². The van der Waals surface area contributed by atoms with Crippen LogP contribution in [0.25, 0.3) is 10.9 Å². The molecular weight excluding hydrogens is 571 g/mol. The minimum Gasteiger partial charge on any atom is -0.475 e. The lowest BCUT2D eigenvalue weighted by molar-refractivity contribution is -0.192. The van der Waals surface area contributed by atoms with Gasteiger partial charge in [-0.25, -0.2) is 22.9 Å². The maximum atomic E-state index is 12.8. The lowest BCUT2D eigenvalue weighted by atomic mass is 9.82. The number of alkyl halides is 3. The van der Waals surface area contributed by atoms with Crippen molar-refractivity contribution in [2.24, 2.45) is 11.8 Å². The quantitative estimate of drug-likeness (QED) is 0.252. The second kappa shape index (κ2) is 13.7. The number of halogens is 3. The van der Waals surface area contributed by atoms with E-state index >= 15 is 0 Å². The van der Waals surface area contributed by atoms with Crippen LogP contribution < -0.4 is 15.4 Å². The van der Waals surface area contributed by atoms with Gasteiger partial charge in [0, 0.05) is 25.5 Å². The van der Waals surface area contributed by atoms with Crippen LogP contribution in [0.4, 0.5) is 24.9 Å². The highest BCUT2D eigenvalue weighted by Gasteiger charge is 2.38. The summed E-state index contributed by atoms with van der Waals surface area (Å²) in [7, 11) is -1.62. The summed E-state index contributed by atoms with van der Waals surface area (Å²) in [5.74, 6) is -0.404. The fraction of sp³-hybridized carbons (Fsp3) is 0.483. The molecule has 1 aliphatic rings. The number of benzene rings is 2. The molecule has 1 aromatic heterocycles. The Balaban J connectivity index is 0.000000616. The van der Waals surface area contributed by atoms with Gasteiger partial charge in [-0.1, -0.05) is 45.0 Å². The van der Waals surface area contributed by atoms with Crippen LogP contribution in [0, 0.1) is 11.8 Å². The molecule has 0 atom stereocenters. The molecule has 0 aliphatic heterocycles. The van der Waals surface area contributed by atoms with Gasteiger partial charge in [0.1, 0.15) is 5.82 Å². The average Bonchev–Trinajstić information content (AvgIpc) is 2.94. The number of carbonyl (C=O) groups is 1. The summed E-state index contributed by atoms with van der Waals surface area (Å²) in [5, 5.41) is 14.7. The molecule has 0 spiro atoms. The molecule has 0 saturated heterocycles. The van der Waals surface area contributed by atoms with Crippen molar-refractivity contribution >= 4 is 38.7 Å². The normalized spacial score (nSPS) is 17.7. The Bertz CT molecular complexity index is 1450. The number of fused-ring (bicyclic) bond motifs is 1. The van der Waals surface area contributed by atoms with Crippen molar-refractivity contribution in [2.75, 3.05) is 30.8 Å².